The highest BCUT2D eigenvalue weighted by atomic mass is 16.3. The van der Waals surface area contributed by atoms with Gasteiger partial charge in [0.1, 0.15) is 5.75 Å². The molecule has 1 aliphatic rings. The summed E-state index contributed by atoms with van der Waals surface area (Å²) in [4.78, 5) is 2.57. The predicted molar refractivity (Wildman–Crippen MR) is 81.8 cm³/mol. The van der Waals surface area contributed by atoms with Gasteiger partial charge in [0.15, 0.2) is 0 Å². The molecule has 1 fully saturated rings. The monoisotopic (exact) mass is 261 g/mol. The number of anilines is 1. The van der Waals surface area contributed by atoms with E-state index in [0.717, 1.165) is 12.5 Å². The molecule has 106 valence electrons. The third kappa shape index (κ3) is 4.15. The largest absolute Gasteiger partial charge is 0.508 e. The van der Waals surface area contributed by atoms with E-state index < -0.39 is 0 Å². The summed E-state index contributed by atoms with van der Waals surface area (Å²) in [6.07, 6.45) is 7.99. The summed E-state index contributed by atoms with van der Waals surface area (Å²) in [5, 5.41) is 9.45. The van der Waals surface area contributed by atoms with Crippen LogP contribution in [0.5, 0.6) is 5.75 Å². The van der Waals surface area contributed by atoms with Crippen LogP contribution in [0.4, 0.5) is 5.69 Å². The van der Waals surface area contributed by atoms with Gasteiger partial charge in [-0.25, -0.2) is 0 Å². The Bertz CT molecular complexity index is 365. The minimum absolute atomic E-state index is 0.358. The molecule has 1 saturated carbocycles. The summed E-state index contributed by atoms with van der Waals surface area (Å²) in [5.74, 6) is 1.10. The van der Waals surface area contributed by atoms with Crippen molar-refractivity contribution in [2.24, 2.45) is 5.92 Å². The van der Waals surface area contributed by atoms with Crippen LogP contribution in [-0.4, -0.2) is 17.7 Å². The number of phenolic OH excluding ortho intramolecular Hbond substituents is 1. The van der Waals surface area contributed by atoms with Gasteiger partial charge in [0.05, 0.1) is 0 Å². The van der Waals surface area contributed by atoms with E-state index in [9.17, 15) is 5.11 Å². The van der Waals surface area contributed by atoms with Crippen molar-refractivity contribution in [2.45, 2.75) is 58.4 Å². The van der Waals surface area contributed by atoms with Crippen molar-refractivity contribution in [3.63, 3.8) is 0 Å². The summed E-state index contributed by atoms with van der Waals surface area (Å²) in [5.41, 5.74) is 1.27. The zero-order valence-electron chi connectivity index (χ0n) is 12.3. The summed E-state index contributed by atoms with van der Waals surface area (Å²) in [7, 11) is 0. The molecule has 19 heavy (non-hydrogen) atoms. The number of hydrogen-bond acceptors (Lipinski definition) is 2. The first kappa shape index (κ1) is 14.2. The first-order valence-corrected chi connectivity index (χ1v) is 7.72. The first-order chi connectivity index (χ1) is 9.16. The number of nitrogens with zero attached hydrogens (tertiary/aromatic N) is 1. The van der Waals surface area contributed by atoms with Crippen LogP contribution in [0.15, 0.2) is 24.3 Å². The van der Waals surface area contributed by atoms with Crippen LogP contribution >= 0.6 is 0 Å². The maximum Gasteiger partial charge on any atom is 0.115 e. The van der Waals surface area contributed by atoms with E-state index in [1.165, 1.54) is 44.2 Å². The lowest BCUT2D eigenvalue weighted by molar-refractivity contribution is 0.404. The van der Waals surface area contributed by atoms with Crippen molar-refractivity contribution in [3.8, 4) is 5.75 Å². The lowest BCUT2D eigenvalue weighted by Gasteiger charge is -2.36. The third-order valence-corrected chi connectivity index (χ3v) is 4.14. The zero-order valence-corrected chi connectivity index (χ0v) is 12.3. The van der Waals surface area contributed by atoms with Gasteiger partial charge in [-0.2, -0.15) is 0 Å². The van der Waals surface area contributed by atoms with Crippen molar-refractivity contribution in [1.82, 2.24) is 0 Å². The molecule has 0 bridgehead atoms. The Morgan fingerprint density at radius 3 is 2.32 bits per heavy atom. The summed E-state index contributed by atoms with van der Waals surface area (Å²) in [6, 6.07) is 8.42. The number of hydrogen-bond donors (Lipinski definition) is 1. The summed E-state index contributed by atoms with van der Waals surface area (Å²) < 4.78 is 0. The maximum atomic E-state index is 9.45. The molecule has 1 aromatic carbocycles. The predicted octanol–water partition coefficient (Wildman–Crippen LogP) is 4.58. The standard InChI is InChI=1S/C17H27NO/c1-14(2)12-13-18(15-6-4-3-5-7-15)16-8-10-17(19)11-9-16/h8-11,14-15,19H,3-7,12-13H2,1-2H3. The minimum atomic E-state index is 0.358. The van der Waals surface area contributed by atoms with Gasteiger partial charge in [-0.1, -0.05) is 33.1 Å². The van der Waals surface area contributed by atoms with Crippen LogP contribution in [0, 0.1) is 5.92 Å². The van der Waals surface area contributed by atoms with Crippen LogP contribution < -0.4 is 4.90 Å². The van der Waals surface area contributed by atoms with Crippen molar-refractivity contribution in [2.75, 3.05) is 11.4 Å². The topological polar surface area (TPSA) is 23.5 Å². The lowest BCUT2D eigenvalue weighted by Crippen LogP contribution is -2.38. The number of benzene rings is 1. The normalized spacial score (nSPS) is 16.8. The molecule has 2 nitrogen and oxygen atoms in total. The molecule has 0 radical (unpaired) electrons. The Labute approximate surface area is 117 Å². The molecule has 0 aliphatic heterocycles. The highest BCUT2D eigenvalue weighted by Gasteiger charge is 2.21. The van der Waals surface area contributed by atoms with Crippen LogP contribution in [0.3, 0.4) is 0 Å². The molecule has 0 unspecified atom stereocenters. The fraction of sp³-hybridized carbons (Fsp3) is 0.647. The molecular weight excluding hydrogens is 234 g/mol. The average molecular weight is 261 g/mol. The Morgan fingerprint density at radius 2 is 1.74 bits per heavy atom. The van der Waals surface area contributed by atoms with Crippen molar-refractivity contribution in [3.05, 3.63) is 24.3 Å². The van der Waals surface area contributed by atoms with Gasteiger partial charge in [0.25, 0.3) is 0 Å². The van der Waals surface area contributed by atoms with Gasteiger partial charge in [0, 0.05) is 18.3 Å². The average Bonchev–Trinajstić information content (AvgIpc) is 2.42. The molecule has 1 N–H and O–H groups in total. The second-order valence-electron chi connectivity index (χ2n) is 6.18. The quantitative estimate of drug-likeness (QED) is 0.838. The van der Waals surface area contributed by atoms with E-state index in [-0.39, 0.29) is 0 Å². The molecule has 2 heteroatoms. The number of rotatable bonds is 5. The summed E-state index contributed by atoms with van der Waals surface area (Å²) in [6.45, 7) is 5.71. The smallest absolute Gasteiger partial charge is 0.115 e. The Morgan fingerprint density at radius 1 is 1.11 bits per heavy atom. The van der Waals surface area contributed by atoms with E-state index in [1.807, 2.05) is 0 Å². The van der Waals surface area contributed by atoms with Crippen molar-refractivity contribution in [1.29, 1.82) is 0 Å². The van der Waals surface area contributed by atoms with Gasteiger partial charge < -0.3 is 10.0 Å². The molecule has 0 saturated heterocycles. The molecular formula is C17H27NO. The third-order valence-electron chi connectivity index (χ3n) is 4.14. The number of aromatic hydroxyl groups is 1. The van der Waals surface area contributed by atoms with Crippen LogP contribution in [0.1, 0.15) is 52.4 Å². The Kier molecular flexibility index (Phi) is 5.12. The van der Waals surface area contributed by atoms with Gasteiger partial charge in [-0.15, -0.1) is 0 Å². The van der Waals surface area contributed by atoms with E-state index in [4.69, 9.17) is 0 Å². The fourth-order valence-electron chi connectivity index (χ4n) is 2.96. The molecule has 0 spiro atoms. The minimum Gasteiger partial charge on any atom is -0.508 e. The SMILES string of the molecule is CC(C)CCN(c1ccc(O)cc1)C1CCCCC1. The lowest BCUT2D eigenvalue weighted by atomic mass is 9.93. The first-order valence-electron chi connectivity index (χ1n) is 7.72. The molecule has 1 aliphatic carbocycles. The summed E-state index contributed by atoms with van der Waals surface area (Å²) >= 11 is 0. The molecule has 1 aromatic rings. The van der Waals surface area contributed by atoms with Crippen LogP contribution in [0.2, 0.25) is 0 Å². The van der Waals surface area contributed by atoms with E-state index in [1.54, 1.807) is 12.1 Å². The van der Waals surface area contributed by atoms with Crippen molar-refractivity contribution < 1.29 is 5.11 Å². The highest BCUT2D eigenvalue weighted by Crippen LogP contribution is 2.29. The highest BCUT2D eigenvalue weighted by molar-refractivity contribution is 5.49. The van der Waals surface area contributed by atoms with Crippen LogP contribution in [-0.2, 0) is 0 Å². The second kappa shape index (κ2) is 6.83. The molecule has 0 amide bonds. The zero-order chi connectivity index (χ0) is 13.7. The van der Waals surface area contributed by atoms with Crippen molar-refractivity contribution >= 4 is 5.69 Å². The molecule has 0 aromatic heterocycles. The maximum absolute atomic E-state index is 9.45. The molecule has 0 heterocycles. The van der Waals surface area contributed by atoms with Crippen LogP contribution in [0.25, 0.3) is 0 Å². The number of phenols is 1. The van der Waals surface area contributed by atoms with E-state index in [2.05, 4.69) is 30.9 Å². The fourth-order valence-corrected chi connectivity index (χ4v) is 2.96. The second-order valence-corrected chi connectivity index (χ2v) is 6.18. The Hall–Kier alpha value is -1.18. The molecule has 0 atom stereocenters. The molecule has 2 rings (SSSR count). The van der Waals surface area contributed by atoms with E-state index in [0.29, 0.717) is 11.8 Å². The van der Waals surface area contributed by atoms with Gasteiger partial charge >= 0.3 is 0 Å². The van der Waals surface area contributed by atoms with Gasteiger partial charge in [-0.05, 0) is 49.4 Å². The van der Waals surface area contributed by atoms with Gasteiger partial charge in [-0.3, -0.25) is 0 Å². The Balaban J connectivity index is 2.10. The van der Waals surface area contributed by atoms with Gasteiger partial charge in [0.2, 0.25) is 0 Å². The van der Waals surface area contributed by atoms with E-state index >= 15 is 0 Å².